The van der Waals surface area contributed by atoms with E-state index in [1.165, 1.54) is 19.2 Å². The smallest absolute Gasteiger partial charge is 0.131 e. The highest BCUT2D eigenvalue weighted by Gasteiger charge is 2.28. The van der Waals surface area contributed by atoms with Gasteiger partial charge in [-0.05, 0) is 34.7 Å². The first-order valence-corrected chi connectivity index (χ1v) is 5.60. The Morgan fingerprint density at radius 1 is 1.27 bits per heavy atom. The Morgan fingerprint density at radius 3 is 2.13 bits per heavy atom. The average Bonchev–Trinajstić information content (AvgIpc) is 1.99. The van der Waals surface area contributed by atoms with Crippen molar-refractivity contribution in [2.75, 3.05) is 13.7 Å². The van der Waals surface area contributed by atoms with E-state index in [-0.39, 0.29) is 12.2 Å². The van der Waals surface area contributed by atoms with E-state index < -0.39 is 17.0 Å². The summed E-state index contributed by atoms with van der Waals surface area (Å²) in [5.74, 6) is -1.03. The lowest BCUT2D eigenvalue weighted by Gasteiger charge is -2.25. The number of rotatable bonds is 3. The first-order valence-electron chi connectivity index (χ1n) is 4.52. The molecule has 1 nitrogen and oxygen atoms in total. The maximum Gasteiger partial charge on any atom is 0.131 e. The molecule has 84 valence electrons. The summed E-state index contributed by atoms with van der Waals surface area (Å²) in [6.07, 6.45) is 0. The van der Waals surface area contributed by atoms with Gasteiger partial charge in [0.1, 0.15) is 11.6 Å². The Bertz CT molecular complexity index is 341. The quantitative estimate of drug-likeness (QED) is 0.773. The summed E-state index contributed by atoms with van der Waals surface area (Å²) in [6.45, 7) is 3.79. The van der Waals surface area contributed by atoms with Gasteiger partial charge in [0.2, 0.25) is 0 Å². The normalized spacial score (nSPS) is 11.9. The number of methoxy groups -OCH3 is 1. The summed E-state index contributed by atoms with van der Waals surface area (Å²) in [5.41, 5.74) is -0.572. The van der Waals surface area contributed by atoms with Gasteiger partial charge >= 0.3 is 0 Å². The second kappa shape index (κ2) is 4.74. The van der Waals surface area contributed by atoms with Crippen molar-refractivity contribution >= 4 is 22.6 Å². The molecule has 0 bridgehead atoms. The van der Waals surface area contributed by atoms with Gasteiger partial charge in [-0.15, -0.1) is 0 Å². The summed E-state index contributed by atoms with van der Waals surface area (Å²) in [4.78, 5) is 0. The molecule has 0 fully saturated rings. The lowest BCUT2D eigenvalue weighted by Crippen LogP contribution is -2.26. The Morgan fingerprint density at radius 2 is 1.73 bits per heavy atom. The van der Waals surface area contributed by atoms with E-state index in [1.807, 2.05) is 22.6 Å². The topological polar surface area (TPSA) is 9.23 Å². The van der Waals surface area contributed by atoms with Crippen LogP contribution in [0.1, 0.15) is 19.4 Å². The molecular formula is C11H13F2IO. The van der Waals surface area contributed by atoms with E-state index >= 15 is 0 Å². The van der Waals surface area contributed by atoms with Gasteiger partial charge < -0.3 is 4.74 Å². The van der Waals surface area contributed by atoms with Crippen LogP contribution >= 0.6 is 22.6 Å². The molecule has 0 atom stereocenters. The minimum atomic E-state index is -0.659. The monoisotopic (exact) mass is 326 g/mol. The molecule has 0 heterocycles. The standard InChI is InChI=1S/C11H13F2IO/c1-11(2,6-15-3)10-8(12)4-7(14)5-9(10)13/h4-5H,6H2,1-3H3. The van der Waals surface area contributed by atoms with Crippen molar-refractivity contribution in [1.82, 2.24) is 0 Å². The fourth-order valence-electron chi connectivity index (χ4n) is 1.62. The molecule has 1 aromatic rings. The summed E-state index contributed by atoms with van der Waals surface area (Å²) >= 11 is 1.89. The minimum absolute atomic E-state index is 0.0877. The molecule has 1 rings (SSSR count). The van der Waals surface area contributed by atoms with Crippen LogP contribution in [0.3, 0.4) is 0 Å². The van der Waals surface area contributed by atoms with Gasteiger partial charge in [0.25, 0.3) is 0 Å². The van der Waals surface area contributed by atoms with E-state index in [9.17, 15) is 8.78 Å². The molecule has 0 N–H and O–H groups in total. The molecule has 0 aliphatic rings. The highest BCUT2D eigenvalue weighted by molar-refractivity contribution is 14.1. The van der Waals surface area contributed by atoms with Gasteiger partial charge in [0.05, 0.1) is 6.61 Å². The maximum atomic E-state index is 13.6. The summed E-state index contributed by atoms with van der Waals surface area (Å²) in [6, 6.07) is 2.66. The van der Waals surface area contributed by atoms with Gasteiger partial charge in [-0.2, -0.15) is 0 Å². The van der Waals surface area contributed by atoms with Gasteiger partial charge in [-0.25, -0.2) is 8.78 Å². The molecule has 0 saturated carbocycles. The van der Waals surface area contributed by atoms with Crippen LogP contribution in [-0.2, 0) is 10.2 Å². The van der Waals surface area contributed by atoms with E-state index in [4.69, 9.17) is 4.74 Å². The van der Waals surface area contributed by atoms with Crippen LogP contribution in [0.15, 0.2) is 12.1 Å². The third-order valence-electron chi connectivity index (χ3n) is 2.19. The van der Waals surface area contributed by atoms with Crippen molar-refractivity contribution in [1.29, 1.82) is 0 Å². The molecule has 0 aliphatic carbocycles. The molecule has 0 aliphatic heterocycles. The number of benzene rings is 1. The molecule has 4 heteroatoms. The van der Waals surface area contributed by atoms with Crippen molar-refractivity contribution in [2.45, 2.75) is 19.3 Å². The predicted octanol–water partition coefficient (Wildman–Crippen LogP) is 3.49. The molecular weight excluding hydrogens is 313 g/mol. The van der Waals surface area contributed by atoms with Crippen molar-refractivity contribution in [3.63, 3.8) is 0 Å². The number of hydrogen-bond acceptors (Lipinski definition) is 1. The third-order valence-corrected chi connectivity index (χ3v) is 2.81. The SMILES string of the molecule is COCC(C)(C)c1c(F)cc(I)cc1F. The van der Waals surface area contributed by atoms with Crippen LogP contribution in [-0.4, -0.2) is 13.7 Å². The summed E-state index contributed by atoms with van der Waals surface area (Å²) < 4.78 is 32.8. The zero-order chi connectivity index (χ0) is 11.6. The Kier molecular flexibility index (Phi) is 4.06. The fourth-order valence-corrected chi connectivity index (χ4v) is 2.17. The van der Waals surface area contributed by atoms with Crippen LogP contribution < -0.4 is 0 Å². The average molecular weight is 326 g/mol. The minimum Gasteiger partial charge on any atom is -0.384 e. The van der Waals surface area contributed by atoms with E-state index in [0.717, 1.165) is 0 Å². The lowest BCUT2D eigenvalue weighted by molar-refractivity contribution is 0.142. The largest absolute Gasteiger partial charge is 0.384 e. The maximum absolute atomic E-state index is 13.6. The van der Waals surface area contributed by atoms with Crippen molar-refractivity contribution < 1.29 is 13.5 Å². The van der Waals surface area contributed by atoms with E-state index in [1.54, 1.807) is 13.8 Å². The van der Waals surface area contributed by atoms with Gasteiger partial charge in [-0.1, -0.05) is 13.8 Å². The molecule has 0 radical (unpaired) electrons. The molecule has 0 saturated heterocycles. The Hall–Kier alpha value is -0.230. The Labute approximate surface area is 102 Å². The molecule has 0 amide bonds. The van der Waals surface area contributed by atoms with Crippen molar-refractivity contribution in [3.05, 3.63) is 32.9 Å². The van der Waals surface area contributed by atoms with E-state index in [0.29, 0.717) is 3.57 Å². The highest BCUT2D eigenvalue weighted by atomic mass is 127. The van der Waals surface area contributed by atoms with Crippen LogP contribution in [0.4, 0.5) is 8.78 Å². The number of ether oxygens (including phenoxy) is 1. The second-order valence-electron chi connectivity index (χ2n) is 4.06. The third kappa shape index (κ3) is 2.87. The predicted molar refractivity (Wildman–Crippen MR) is 64.0 cm³/mol. The van der Waals surface area contributed by atoms with Crippen molar-refractivity contribution in [3.8, 4) is 0 Å². The Balaban J connectivity index is 3.24. The molecule has 0 aromatic heterocycles. The lowest BCUT2D eigenvalue weighted by atomic mass is 9.85. The second-order valence-corrected chi connectivity index (χ2v) is 5.31. The van der Waals surface area contributed by atoms with Gasteiger partial charge in [0, 0.05) is 21.7 Å². The molecule has 1 aromatic carbocycles. The summed E-state index contributed by atoms with van der Waals surface area (Å²) in [7, 11) is 1.52. The molecule has 0 unspecified atom stereocenters. The van der Waals surface area contributed by atoms with Crippen LogP contribution in [0, 0.1) is 15.2 Å². The first kappa shape index (κ1) is 12.8. The van der Waals surface area contributed by atoms with E-state index in [2.05, 4.69) is 0 Å². The first-order chi connectivity index (χ1) is 6.88. The number of halogens is 3. The van der Waals surface area contributed by atoms with Crippen molar-refractivity contribution in [2.24, 2.45) is 0 Å². The van der Waals surface area contributed by atoms with Gasteiger partial charge in [-0.3, -0.25) is 0 Å². The fraction of sp³-hybridized carbons (Fsp3) is 0.455. The molecule has 15 heavy (non-hydrogen) atoms. The van der Waals surface area contributed by atoms with Crippen LogP contribution in [0.2, 0.25) is 0 Å². The van der Waals surface area contributed by atoms with Crippen LogP contribution in [0.25, 0.3) is 0 Å². The van der Waals surface area contributed by atoms with Gasteiger partial charge in [0.15, 0.2) is 0 Å². The zero-order valence-corrected chi connectivity index (χ0v) is 11.1. The molecule has 0 spiro atoms. The van der Waals surface area contributed by atoms with Crippen LogP contribution in [0.5, 0.6) is 0 Å². The summed E-state index contributed by atoms with van der Waals surface area (Å²) in [5, 5.41) is 0. The zero-order valence-electron chi connectivity index (χ0n) is 8.90. The highest BCUT2D eigenvalue weighted by Crippen LogP contribution is 2.29. The number of hydrogen-bond donors (Lipinski definition) is 0.